The Labute approximate surface area is 73.6 Å². The molecule has 0 atom stereocenters. The van der Waals surface area contributed by atoms with Gasteiger partial charge in [0.2, 0.25) is 0 Å². The molecule has 0 aromatic carbocycles. The third kappa shape index (κ3) is 0.865. The fourth-order valence-electron chi connectivity index (χ4n) is 1.10. The van der Waals surface area contributed by atoms with Crippen LogP contribution < -0.4 is 0 Å². The molecule has 0 fully saturated rings. The van der Waals surface area contributed by atoms with Crippen molar-refractivity contribution >= 4 is 22.4 Å². The minimum absolute atomic E-state index is 0.128. The van der Waals surface area contributed by atoms with E-state index < -0.39 is 0 Å². The van der Waals surface area contributed by atoms with Crippen LogP contribution >= 0.6 is 11.6 Å². The van der Waals surface area contributed by atoms with Gasteiger partial charge in [-0.25, -0.2) is 4.98 Å². The van der Waals surface area contributed by atoms with Crippen LogP contribution in [0.25, 0.3) is 10.8 Å². The van der Waals surface area contributed by atoms with Crippen LogP contribution in [0.5, 0.6) is 5.75 Å². The molecule has 2 rings (SSSR count). The lowest BCUT2D eigenvalue weighted by molar-refractivity contribution is 0.473. The predicted molar refractivity (Wildman–Crippen MR) is 45.4 cm³/mol. The second-order valence-corrected chi connectivity index (χ2v) is 2.89. The number of aromatic hydroxyl groups is 1. The van der Waals surface area contributed by atoms with Crippen LogP contribution in [-0.2, 0) is 0 Å². The van der Waals surface area contributed by atoms with Crippen LogP contribution in [0.15, 0.2) is 16.9 Å². The molecule has 0 aliphatic rings. The van der Waals surface area contributed by atoms with Gasteiger partial charge in [0.25, 0.3) is 0 Å². The molecule has 12 heavy (non-hydrogen) atoms. The molecule has 0 aliphatic heterocycles. The van der Waals surface area contributed by atoms with Crippen LogP contribution in [0.3, 0.4) is 0 Å². The van der Waals surface area contributed by atoms with E-state index in [9.17, 15) is 5.11 Å². The Morgan fingerprint density at radius 1 is 1.42 bits per heavy atom. The van der Waals surface area contributed by atoms with Crippen LogP contribution in [0.4, 0.5) is 0 Å². The molecule has 3 nitrogen and oxygen atoms in total. The molecule has 0 bridgehead atoms. The summed E-state index contributed by atoms with van der Waals surface area (Å²) in [5, 5.41) is 11.1. The highest BCUT2D eigenvalue weighted by atomic mass is 35.5. The highest BCUT2D eigenvalue weighted by molar-refractivity contribution is 6.34. The number of hydrogen-bond donors (Lipinski definition) is 1. The van der Waals surface area contributed by atoms with Gasteiger partial charge in [-0.15, -0.1) is 0 Å². The van der Waals surface area contributed by atoms with Crippen molar-refractivity contribution in [3.63, 3.8) is 0 Å². The van der Waals surface area contributed by atoms with Gasteiger partial charge in [-0.2, -0.15) is 0 Å². The van der Waals surface area contributed by atoms with Crippen molar-refractivity contribution in [3.05, 3.63) is 23.4 Å². The van der Waals surface area contributed by atoms with Gasteiger partial charge in [0, 0.05) is 0 Å². The smallest absolute Gasteiger partial charge is 0.147 e. The van der Waals surface area contributed by atoms with Gasteiger partial charge in [-0.1, -0.05) is 11.6 Å². The lowest BCUT2D eigenvalue weighted by Gasteiger charge is -1.99. The minimum Gasteiger partial charge on any atom is -0.505 e. The van der Waals surface area contributed by atoms with Crippen molar-refractivity contribution in [2.45, 2.75) is 6.92 Å². The number of halogens is 1. The average Bonchev–Trinajstić information content (AvgIpc) is 2.48. The SMILES string of the molecule is Cc1nc(Cl)c2cocc2c1O. The van der Waals surface area contributed by atoms with Gasteiger partial charge in [0.1, 0.15) is 23.4 Å². The van der Waals surface area contributed by atoms with Crippen molar-refractivity contribution in [3.8, 4) is 5.75 Å². The summed E-state index contributed by atoms with van der Waals surface area (Å²) in [5.74, 6) is 0.128. The molecule has 1 N–H and O–H groups in total. The number of fused-ring (bicyclic) bond motifs is 1. The van der Waals surface area contributed by atoms with E-state index in [1.54, 1.807) is 6.92 Å². The van der Waals surface area contributed by atoms with Gasteiger partial charge in [-0.05, 0) is 6.92 Å². The monoisotopic (exact) mass is 183 g/mol. The Morgan fingerprint density at radius 2 is 2.08 bits per heavy atom. The van der Waals surface area contributed by atoms with Gasteiger partial charge in [0.05, 0.1) is 16.5 Å². The van der Waals surface area contributed by atoms with E-state index in [-0.39, 0.29) is 5.75 Å². The number of aromatic nitrogens is 1. The highest BCUT2D eigenvalue weighted by Gasteiger charge is 2.10. The molecule has 2 heterocycles. The second-order valence-electron chi connectivity index (χ2n) is 2.54. The summed E-state index contributed by atoms with van der Waals surface area (Å²) in [6.07, 6.45) is 2.91. The van der Waals surface area contributed by atoms with Crippen molar-refractivity contribution in [1.82, 2.24) is 4.98 Å². The average molecular weight is 184 g/mol. The van der Waals surface area contributed by atoms with Crippen LogP contribution in [0.2, 0.25) is 5.15 Å². The summed E-state index contributed by atoms with van der Waals surface area (Å²) < 4.78 is 4.90. The van der Waals surface area contributed by atoms with E-state index in [1.807, 2.05) is 0 Å². The Morgan fingerprint density at radius 3 is 2.83 bits per heavy atom. The topological polar surface area (TPSA) is 46.3 Å². The molecule has 2 aromatic heterocycles. The Bertz CT molecular complexity index is 436. The lowest BCUT2D eigenvalue weighted by atomic mass is 10.2. The van der Waals surface area contributed by atoms with Gasteiger partial charge in [-0.3, -0.25) is 0 Å². The summed E-state index contributed by atoms with van der Waals surface area (Å²) in [6, 6.07) is 0. The zero-order valence-corrected chi connectivity index (χ0v) is 7.09. The summed E-state index contributed by atoms with van der Waals surface area (Å²) in [4.78, 5) is 3.93. The molecule has 0 aliphatic carbocycles. The first kappa shape index (κ1) is 7.43. The van der Waals surface area contributed by atoms with Gasteiger partial charge < -0.3 is 9.52 Å². The molecule has 0 radical (unpaired) electrons. The molecular weight excluding hydrogens is 178 g/mol. The fraction of sp³-hybridized carbons (Fsp3) is 0.125. The van der Waals surface area contributed by atoms with Crippen molar-refractivity contribution in [2.75, 3.05) is 0 Å². The third-order valence-electron chi connectivity index (χ3n) is 1.75. The Hall–Kier alpha value is -1.22. The minimum atomic E-state index is 0.128. The van der Waals surface area contributed by atoms with E-state index >= 15 is 0 Å². The highest BCUT2D eigenvalue weighted by Crippen LogP contribution is 2.31. The number of hydrogen-bond acceptors (Lipinski definition) is 3. The first-order valence-corrected chi connectivity index (χ1v) is 3.79. The zero-order valence-electron chi connectivity index (χ0n) is 6.34. The number of furan rings is 1. The number of nitrogens with zero attached hydrogens (tertiary/aromatic N) is 1. The fourth-order valence-corrected chi connectivity index (χ4v) is 1.37. The summed E-state index contributed by atoms with van der Waals surface area (Å²) in [5.41, 5.74) is 0.508. The number of rotatable bonds is 0. The summed E-state index contributed by atoms with van der Waals surface area (Å²) in [7, 11) is 0. The maximum Gasteiger partial charge on any atom is 0.147 e. The second kappa shape index (κ2) is 2.38. The standard InChI is InChI=1S/C8H6ClNO2/c1-4-7(11)5-2-12-3-6(5)8(9)10-4/h2-3,11H,1H3. The lowest BCUT2D eigenvalue weighted by Crippen LogP contribution is -1.83. The van der Waals surface area contributed by atoms with E-state index in [0.29, 0.717) is 21.6 Å². The summed E-state index contributed by atoms with van der Waals surface area (Å²) >= 11 is 5.79. The van der Waals surface area contributed by atoms with E-state index in [1.165, 1.54) is 12.5 Å². The first-order valence-electron chi connectivity index (χ1n) is 3.41. The molecule has 0 unspecified atom stereocenters. The maximum atomic E-state index is 9.49. The molecule has 62 valence electrons. The van der Waals surface area contributed by atoms with Crippen LogP contribution in [-0.4, -0.2) is 10.1 Å². The molecule has 4 heteroatoms. The summed E-state index contributed by atoms with van der Waals surface area (Å²) in [6.45, 7) is 1.69. The van der Waals surface area contributed by atoms with E-state index in [4.69, 9.17) is 16.0 Å². The predicted octanol–water partition coefficient (Wildman–Crippen LogP) is 2.50. The molecule has 0 spiro atoms. The van der Waals surface area contributed by atoms with Crippen molar-refractivity contribution in [2.24, 2.45) is 0 Å². The van der Waals surface area contributed by atoms with E-state index in [0.717, 1.165) is 0 Å². The quantitative estimate of drug-likeness (QED) is 0.639. The van der Waals surface area contributed by atoms with Crippen LogP contribution in [0.1, 0.15) is 5.69 Å². The maximum absolute atomic E-state index is 9.49. The number of aryl methyl sites for hydroxylation is 1. The molecule has 2 aromatic rings. The number of pyridine rings is 1. The largest absolute Gasteiger partial charge is 0.505 e. The molecule has 0 amide bonds. The molecule has 0 saturated heterocycles. The van der Waals surface area contributed by atoms with Gasteiger partial charge in [0.15, 0.2) is 0 Å². The zero-order chi connectivity index (χ0) is 8.72. The first-order chi connectivity index (χ1) is 5.70. The molecular formula is C8H6ClNO2. The Kier molecular flexibility index (Phi) is 1.48. The van der Waals surface area contributed by atoms with Crippen molar-refractivity contribution in [1.29, 1.82) is 0 Å². The third-order valence-corrected chi connectivity index (χ3v) is 2.04. The van der Waals surface area contributed by atoms with Crippen LogP contribution in [0, 0.1) is 6.92 Å². The van der Waals surface area contributed by atoms with Crippen molar-refractivity contribution < 1.29 is 9.52 Å². The normalized spacial score (nSPS) is 10.8. The molecule has 0 saturated carbocycles. The van der Waals surface area contributed by atoms with E-state index in [2.05, 4.69) is 4.98 Å². The van der Waals surface area contributed by atoms with Gasteiger partial charge >= 0.3 is 0 Å². The Balaban J connectivity index is 2.97.